The molecule has 5 nitrogen and oxygen atoms in total. The Morgan fingerprint density at radius 1 is 0.442 bits per heavy atom. The van der Waals surface area contributed by atoms with E-state index in [9.17, 15) is 0 Å². The Balaban J connectivity index is 1.34. The molecule has 5 aromatic carbocycles. The molecule has 0 fully saturated rings. The van der Waals surface area contributed by atoms with Crippen LogP contribution in [0.3, 0.4) is 0 Å². The maximum Gasteiger partial charge on any atom is 0.227 e. The summed E-state index contributed by atoms with van der Waals surface area (Å²) in [6.45, 7) is 0. The van der Waals surface area contributed by atoms with Crippen molar-refractivity contribution in [3.8, 4) is 11.1 Å². The molecule has 0 atom stereocenters. The molecule has 0 aliphatic rings. The zero-order valence-corrected chi connectivity index (χ0v) is 22.9. The predicted molar refractivity (Wildman–Crippen MR) is 174 cm³/mol. The average molecular weight is 554 g/mol. The number of benzene rings is 5. The largest absolute Gasteiger partial charge is 0.438 e. The van der Waals surface area contributed by atoms with Gasteiger partial charge in [0, 0.05) is 51.0 Å². The fourth-order valence-corrected chi connectivity index (χ4v) is 6.20. The fraction of sp³-hybridized carbons (Fsp3) is 0. The van der Waals surface area contributed by atoms with Gasteiger partial charge < -0.3 is 13.7 Å². The minimum absolute atomic E-state index is 0.636. The lowest BCUT2D eigenvalue weighted by Gasteiger charge is -2.27. The van der Waals surface area contributed by atoms with E-state index in [1.54, 1.807) is 12.4 Å². The molecule has 0 N–H and O–H groups in total. The molecule has 0 spiro atoms. The smallest absolute Gasteiger partial charge is 0.227 e. The standard InChI is InChI=1S/C38H23N3O2/c1-2-8-24(9-3-1)32-23-28(20-25-10-4-5-11-29(25)32)41(26-14-16-35-33(21-26)30-12-6-18-39-37(30)42-35)27-15-17-36-34(22-27)31-13-7-19-40-38(31)43-36/h1-23H. The number of pyridine rings is 2. The normalized spacial score (nSPS) is 11.7. The highest BCUT2D eigenvalue weighted by atomic mass is 16.3. The maximum atomic E-state index is 6.08. The van der Waals surface area contributed by atoms with E-state index in [0.29, 0.717) is 11.4 Å². The number of hydrogen-bond donors (Lipinski definition) is 0. The van der Waals surface area contributed by atoms with Crippen LogP contribution in [0.15, 0.2) is 149 Å². The summed E-state index contributed by atoms with van der Waals surface area (Å²) >= 11 is 0. The molecule has 0 saturated heterocycles. The van der Waals surface area contributed by atoms with Crippen molar-refractivity contribution in [1.82, 2.24) is 9.97 Å². The van der Waals surface area contributed by atoms with E-state index in [4.69, 9.17) is 8.83 Å². The summed E-state index contributed by atoms with van der Waals surface area (Å²) in [4.78, 5) is 11.2. The van der Waals surface area contributed by atoms with Gasteiger partial charge in [-0.2, -0.15) is 0 Å². The van der Waals surface area contributed by atoms with Crippen LogP contribution >= 0.6 is 0 Å². The van der Waals surface area contributed by atoms with Gasteiger partial charge in [-0.25, -0.2) is 9.97 Å². The van der Waals surface area contributed by atoms with Crippen LogP contribution in [0.25, 0.3) is 66.0 Å². The number of fused-ring (bicyclic) bond motifs is 7. The van der Waals surface area contributed by atoms with Gasteiger partial charge in [0.1, 0.15) is 11.2 Å². The van der Waals surface area contributed by atoms with Crippen LogP contribution in [0.2, 0.25) is 0 Å². The fourth-order valence-electron chi connectivity index (χ4n) is 6.20. The number of rotatable bonds is 4. The summed E-state index contributed by atoms with van der Waals surface area (Å²) in [6.07, 6.45) is 3.52. The van der Waals surface area contributed by atoms with Gasteiger partial charge in [-0.15, -0.1) is 0 Å². The van der Waals surface area contributed by atoms with Gasteiger partial charge in [0.15, 0.2) is 0 Å². The Kier molecular flexibility index (Phi) is 5.13. The van der Waals surface area contributed by atoms with Gasteiger partial charge in [0.2, 0.25) is 11.4 Å². The molecular weight excluding hydrogens is 530 g/mol. The average Bonchev–Trinajstić information content (AvgIpc) is 3.63. The van der Waals surface area contributed by atoms with Crippen LogP contribution in [-0.2, 0) is 0 Å². The van der Waals surface area contributed by atoms with Crippen LogP contribution in [-0.4, -0.2) is 9.97 Å². The summed E-state index contributed by atoms with van der Waals surface area (Å²) in [5.41, 5.74) is 8.31. The zero-order valence-electron chi connectivity index (χ0n) is 22.9. The monoisotopic (exact) mass is 553 g/mol. The minimum atomic E-state index is 0.636. The highest BCUT2D eigenvalue weighted by molar-refractivity contribution is 6.08. The quantitative estimate of drug-likeness (QED) is 0.217. The van der Waals surface area contributed by atoms with Crippen molar-refractivity contribution >= 4 is 72.0 Å². The van der Waals surface area contributed by atoms with E-state index in [1.165, 1.54) is 21.9 Å². The first kappa shape index (κ1) is 23.7. The predicted octanol–water partition coefficient (Wildman–Crippen LogP) is 10.6. The lowest BCUT2D eigenvalue weighted by molar-refractivity contribution is 0.654. The minimum Gasteiger partial charge on any atom is -0.438 e. The molecule has 0 aliphatic heterocycles. The van der Waals surface area contributed by atoms with Gasteiger partial charge in [0.05, 0.1) is 0 Å². The molecule has 202 valence electrons. The van der Waals surface area contributed by atoms with Crippen molar-refractivity contribution in [3.63, 3.8) is 0 Å². The van der Waals surface area contributed by atoms with Crippen molar-refractivity contribution in [2.75, 3.05) is 4.90 Å². The van der Waals surface area contributed by atoms with E-state index in [0.717, 1.165) is 49.8 Å². The van der Waals surface area contributed by atoms with Gasteiger partial charge in [0.25, 0.3) is 0 Å². The highest BCUT2D eigenvalue weighted by Crippen LogP contribution is 2.43. The van der Waals surface area contributed by atoms with E-state index in [-0.39, 0.29) is 0 Å². The van der Waals surface area contributed by atoms with E-state index in [2.05, 4.69) is 118 Å². The van der Waals surface area contributed by atoms with Crippen LogP contribution in [0.1, 0.15) is 0 Å². The Bertz CT molecular complexity index is 2360. The molecule has 0 amide bonds. The molecule has 0 unspecified atom stereocenters. The molecule has 0 saturated carbocycles. The first-order valence-electron chi connectivity index (χ1n) is 14.2. The van der Waals surface area contributed by atoms with Crippen molar-refractivity contribution < 1.29 is 8.83 Å². The van der Waals surface area contributed by atoms with Gasteiger partial charge in [-0.3, -0.25) is 0 Å². The molecule has 0 radical (unpaired) electrons. The third-order valence-electron chi connectivity index (χ3n) is 8.17. The van der Waals surface area contributed by atoms with Gasteiger partial charge in [-0.05, 0) is 94.7 Å². The summed E-state index contributed by atoms with van der Waals surface area (Å²) in [5, 5.41) is 6.40. The lowest BCUT2D eigenvalue weighted by Crippen LogP contribution is -2.10. The number of nitrogens with zero attached hydrogens (tertiary/aromatic N) is 3. The van der Waals surface area contributed by atoms with E-state index < -0.39 is 0 Å². The third-order valence-corrected chi connectivity index (χ3v) is 8.17. The SMILES string of the molecule is c1ccc(-c2cc(N(c3ccc4oc5ncccc5c4c3)c3ccc4oc5ncccc5c4c3)cc3ccccc23)cc1. The van der Waals surface area contributed by atoms with Crippen LogP contribution in [0, 0.1) is 0 Å². The molecule has 9 aromatic rings. The van der Waals surface area contributed by atoms with E-state index in [1.807, 2.05) is 24.3 Å². The summed E-state index contributed by atoms with van der Waals surface area (Å²) in [7, 11) is 0. The molecule has 43 heavy (non-hydrogen) atoms. The molecule has 0 aliphatic carbocycles. The van der Waals surface area contributed by atoms with Crippen molar-refractivity contribution in [2.24, 2.45) is 0 Å². The van der Waals surface area contributed by atoms with Crippen molar-refractivity contribution in [2.45, 2.75) is 0 Å². The van der Waals surface area contributed by atoms with Gasteiger partial charge in [-0.1, -0.05) is 54.6 Å². The van der Waals surface area contributed by atoms with Crippen LogP contribution in [0.5, 0.6) is 0 Å². The van der Waals surface area contributed by atoms with Crippen LogP contribution in [0.4, 0.5) is 17.1 Å². The molecule has 4 aromatic heterocycles. The second-order valence-corrected chi connectivity index (χ2v) is 10.7. The Morgan fingerprint density at radius 3 is 1.67 bits per heavy atom. The number of anilines is 3. The second kappa shape index (κ2) is 9.29. The summed E-state index contributed by atoms with van der Waals surface area (Å²) < 4.78 is 12.2. The first-order chi connectivity index (χ1) is 21.3. The summed E-state index contributed by atoms with van der Waals surface area (Å²) in [6, 6.07) is 44.4. The Hall–Kier alpha value is -5.94. The molecule has 9 rings (SSSR count). The molecular formula is C38H23N3O2. The maximum absolute atomic E-state index is 6.08. The number of aromatic nitrogens is 2. The summed E-state index contributed by atoms with van der Waals surface area (Å²) in [5.74, 6) is 0. The molecule has 0 bridgehead atoms. The van der Waals surface area contributed by atoms with Crippen molar-refractivity contribution in [1.29, 1.82) is 0 Å². The highest BCUT2D eigenvalue weighted by Gasteiger charge is 2.19. The van der Waals surface area contributed by atoms with Gasteiger partial charge >= 0.3 is 0 Å². The number of hydrogen-bond acceptors (Lipinski definition) is 5. The van der Waals surface area contributed by atoms with E-state index >= 15 is 0 Å². The third kappa shape index (κ3) is 3.79. The van der Waals surface area contributed by atoms with Crippen molar-refractivity contribution in [3.05, 3.63) is 140 Å². The first-order valence-corrected chi connectivity index (χ1v) is 14.2. The molecule has 5 heteroatoms. The zero-order chi connectivity index (χ0) is 28.3. The second-order valence-electron chi connectivity index (χ2n) is 10.7. The number of furan rings is 2. The van der Waals surface area contributed by atoms with Crippen LogP contribution < -0.4 is 4.90 Å². The Labute approximate surface area is 246 Å². The Morgan fingerprint density at radius 2 is 1.02 bits per heavy atom. The molecule has 4 heterocycles. The topological polar surface area (TPSA) is 55.3 Å². The lowest BCUT2D eigenvalue weighted by atomic mass is 9.96.